The van der Waals surface area contributed by atoms with Gasteiger partial charge in [-0.1, -0.05) is 0 Å². The molecule has 1 aliphatic rings. The number of ether oxygens (including phenoxy) is 1. The Bertz CT molecular complexity index is 655. The first kappa shape index (κ1) is 14.7. The van der Waals surface area contributed by atoms with E-state index in [2.05, 4.69) is 0 Å². The molecular formula is C17H17ClN2O2. The molecule has 0 saturated carbocycles. The van der Waals surface area contributed by atoms with E-state index < -0.39 is 0 Å². The minimum absolute atomic E-state index is 0.123. The van der Waals surface area contributed by atoms with Crippen molar-refractivity contribution in [2.45, 2.75) is 6.42 Å². The molecule has 0 bridgehead atoms. The average molecular weight is 317 g/mol. The van der Waals surface area contributed by atoms with E-state index in [0.717, 1.165) is 11.4 Å². The molecule has 114 valence electrons. The molecule has 1 unspecified atom stereocenters. The van der Waals surface area contributed by atoms with E-state index in [1.165, 1.54) is 0 Å². The Hall–Kier alpha value is -2.20. The van der Waals surface area contributed by atoms with Gasteiger partial charge in [-0.25, -0.2) is 0 Å². The number of nitrogens with zero attached hydrogens (tertiary/aromatic N) is 1. The van der Waals surface area contributed by atoms with Crippen molar-refractivity contribution < 1.29 is 9.53 Å². The van der Waals surface area contributed by atoms with E-state index in [-0.39, 0.29) is 11.8 Å². The second-order valence-corrected chi connectivity index (χ2v) is 5.70. The van der Waals surface area contributed by atoms with Crippen molar-refractivity contribution in [3.05, 3.63) is 48.5 Å². The number of nitrogen functional groups attached to an aromatic ring is 1. The van der Waals surface area contributed by atoms with Crippen LogP contribution in [0.25, 0.3) is 0 Å². The molecule has 0 aromatic heterocycles. The van der Waals surface area contributed by atoms with Gasteiger partial charge in [-0.15, -0.1) is 11.6 Å². The van der Waals surface area contributed by atoms with Crippen LogP contribution in [0.4, 0.5) is 11.4 Å². The van der Waals surface area contributed by atoms with Crippen LogP contribution in [0.3, 0.4) is 0 Å². The number of nitrogens with two attached hydrogens (primary N) is 1. The summed E-state index contributed by atoms with van der Waals surface area (Å²) in [5, 5.41) is 0. The molecule has 2 N–H and O–H groups in total. The van der Waals surface area contributed by atoms with Gasteiger partial charge in [-0.3, -0.25) is 4.79 Å². The molecule has 1 atom stereocenters. The first-order valence-electron chi connectivity index (χ1n) is 7.15. The van der Waals surface area contributed by atoms with Crippen LogP contribution >= 0.6 is 11.6 Å². The van der Waals surface area contributed by atoms with Crippen LogP contribution in [-0.4, -0.2) is 18.3 Å². The zero-order valence-corrected chi connectivity index (χ0v) is 12.8. The lowest BCUT2D eigenvalue weighted by Gasteiger charge is -2.17. The third-order valence-electron chi connectivity index (χ3n) is 3.69. The summed E-state index contributed by atoms with van der Waals surface area (Å²) in [7, 11) is 0. The van der Waals surface area contributed by atoms with Crippen molar-refractivity contribution >= 4 is 28.9 Å². The van der Waals surface area contributed by atoms with Crippen LogP contribution in [0.1, 0.15) is 6.42 Å². The number of hydrogen-bond acceptors (Lipinski definition) is 3. The molecule has 0 spiro atoms. The van der Waals surface area contributed by atoms with Crippen molar-refractivity contribution in [3.8, 4) is 11.5 Å². The molecule has 3 rings (SSSR count). The highest BCUT2D eigenvalue weighted by Crippen LogP contribution is 2.29. The molecule has 1 fully saturated rings. The number of carbonyl (C=O) groups is 1. The first-order chi connectivity index (χ1) is 10.7. The predicted molar refractivity (Wildman–Crippen MR) is 88.6 cm³/mol. The fourth-order valence-corrected chi connectivity index (χ4v) is 2.71. The van der Waals surface area contributed by atoms with Gasteiger partial charge in [0.1, 0.15) is 11.5 Å². The van der Waals surface area contributed by atoms with E-state index in [4.69, 9.17) is 22.1 Å². The number of hydrogen-bond donors (Lipinski definition) is 1. The van der Waals surface area contributed by atoms with E-state index in [1.807, 2.05) is 36.4 Å². The van der Waals surface area contributed by atoms with Gasteiger partial charge in [0.25, 0.3) is 0 Å². The number of amides is 1. The summed E-state index contributed by atoms with van der Waals surface area (Å²) in [4.78, 5) is 13.8. The summed E-state index contributed by atoms with van der Waals surface area (Å²) in [6, 6.07) is 14.7. The Morgan fingerprint density at radius 2 is 1.68 bits per heavy atom. The van der Waals surface area contributed by atoms with Gasteiger partial charge >= 0.3 is 0 Å². The Morgan fingerprint density at radius 1 is 1.09 bits per heavy atom. The molecule has 5 heteroatoms. The number of halogens is 1. The molecule has 4 nitrogen and oxygen atoms in total. The molecule has 0 aliphatic carbocycles. The van der Waals surface area contributed by atoms with Crippen molar-refractivity contribution in [3.63, 3.8) is 0 Å². The van der Waals surface area contributed by atoms with Gasteiger partial charge in [0.2, 0.25) is 5.91 Å². The quantitative estimate of drug-likeness (QED) is 0.692. The fourth-order valence-electron chi connectivity index (χ4n) is 2.50. The molecular weight excluding hydrogens is 300 g/mol. The molecule has 0 radical (unpaired) electrons. The maximum atomic E-state index is 12.0. The lowest BCUT2D eigenvalue weighted by molar-refractivity contribution is -0.117. The molecule has 1 aliphatic heterocycles. The molecule has 1 heterocycles. The number of anilines is 2. The van der Waals surface area contributed by atoms with Crippen LogP contribution < -0.4 is 15.4 Å². The zero-order valence-electron chi connectivity index (χ0n) is 12.0. The summed E-state index contributed by atoms with van der Waals surface area (Å²) in [5.41, 5.74) is 7.22. The summed E-state index contributed by atoms with van der Waals surface area (Å²) < 4.78 is 5.74. The Labute approximate surface area is 134 Å². The maximum absolute atomic E-state index is 12.0. The fraction of sp³-hybridized carbons (Fsp3) is 0.235. The van der Waals surface area contributed by atoms with Crippen LogP contribution in [0.15, 0.2) is 48.5 Å². The van der Waals surface area contributed by atoms with E-state index in [0.29, 0.717) is 30.3 Å². The van der Waals surface area contributed by atoms with Crippen molar-refractivity contribution in [1.82, 2.24) is 0 Å². The van der Waals surface area contributed by atoms with Gasteiger partial charge in [-0.2, -0.15) is 0 Å². The summed E-state index contributed by atoms with van der Waals surface area (Å²) in [6.07, 6.45) is 0.521. The lowest BCUT2D eigenvalue weighted by Crippen LogP contribution is -2.24. The van der Waals surface area contributed by atoms with Crippen LogP contribution in [-0.2, 0) is 4.79 Å². The van der Waals surface area contributed by atoms with E-state index in [9.17, 15) is 4.79 Å². The lowest BCUT2D eigenvalue weighted by atomic mass is 10.1. The highest BCUT2D eigenvalue weighted by atomic mass is 35.5. The normalized spacial score (nSPS) is 17.8. The van der Waals surface area contributed by atoms with Crippen LogP contribution in [0, 0.1) is 5.92 Å². The number of alkyl halides is 1. The SMILES string of the molecule is Nc1ccc(Oc2ccc(N3CC(CCl)CC3=O)cc2)cc1. The first-order valence-corrected chi connectivity index (χ1v) is 7.69. The smallest absolute Gasteiger partial charge is 0.227 e. The molecule has 2 aromatic carbocycles. The van der Waals surface area contributed by atoms with Gasteiger partial charge in [0.15, 0.2) is 0 Å². The maximum Gasteiger partial charge on any atom is 0.227 e. The standard InChI is InChI=1S/C17H17ClN2O2/c18-10-12-9-17(21)20(11-12)14-3-7-16(8-4-14)22-15-5-1-13(19)2-6-15/h1-8,12H,9-11,19H2. The van der Waals surface area contributed by atoms with Crippen LogP contribution in [0.2, 0.25) is 0 Å². The van der Waals surface area contributed by atoms with Crippen molar-refractivity contribution in [2.24, 2.45) is 5.92 Å². The second kappa shape index (κ2) is 6.28. The summed E-state index contributed by atoms with van der Waals surface area (Å²) in [5.74, 6) is 2.31. The highest BCUT2D eigenvalue weighted by molar-refractivity contribution is 6.18. The van der Waals surface area contributed by atoms with E-state index in [1.54, 1.807) is 17.0 Å². The summed E-state index contributed by atoms with van der Waals surface area (Å²) >= 11 is 5.84. The van der Waals surface area contributed by atoms with Crippen LogP contribution in [0.5, 0.6) is 11.5 Å². The largest absolute Gasteiger partial charge is 0.457 e. The Balaban J connectivity index is 1.70. The summed E-state index contributed by atoms with van der Waals surface area (Å²) in [6.45, 7) is 0.681. The molecule has 1 amide bonds. The van der Waals surface area contributed by atoms with Gasteiger partial charge in [0, 0.05) is 30.2 Å². The van der Waals surface area contributed by atoms with Crippen molar-refractivity contribution in [1.29, 1.82) is 0 Å². The average Bonchev–Trinajstić information content (AvgIpc) is 2.91. The number of rotatable bonds is 4. The monoisotopic (exact) mass is 316 g/mol. The third-order valence-corrected chi connectivity index (χ3v) is 4.12. The Kier molecular flexibility index (Phi) is 4.20. The molecule has 1 saturated heterocycles. The second-order valence-electron chi connectivity index (χ2n) is 5.39. The van der Waals surface area contributed by atoms with Gasteiger partial charge in [0.05, 0.1) is 0 Å². The van der Waals surface area contributed by atoms with Gasteiger partial charge in [-0.05, 0) is 54.4 Å². The van der Waals surface area contributed by atoms with E-state index >= 15 is 0 Å². The predicted octanol–water partition coefficient (Wildman–Crippen LogP) is 3.65. The van der Waals surface area contributed by atoms with Crippen molar-refractivity contribution in [2.75, 3.05) is 23.1 Å². The van der Waals surface area contributed by atoms with Gasteiger partial charge < -0.3 is 15.4 Å². The third kappa shape index (κ3) is 3.17. The number of carbonyl (C=O) groups excluding carboxylic acids is 1. The topological polar surface area (TPSA) is 55.6 Å². The minimum atomic E-state index is 0.123. The molecule has 2 aromatic rings. The zero-order chi connectivity index (χ0) is 15.5. The minimum Gasteiger partial charge on any atom is -0.457 e. The number of benzene rings is 2. The molecule has 22 heavy (non-hydrogen) atoms. The highest BCUT2D eigenvalue weighted by Gasteiger charge is 2.29. The Morgan fingerprint density at radius 3 is 2.23 bits per heavy atom.